The fraction of sp³-hybridized carbons (Fsp3) is 0.103. The van der Waals surface area contributed by atoms with Gasteiger partial charge in [0.2, 0.25) is 0 Å². The number of aryl methyl sites for hydroxylation is 1. The third kappa shape index (κ3) is 6.78. The second-order valence-corrected chi connectivity index (χ2v) is 9.01. The zero-order valence-corrected chi connectivity index (χ0v) is 19.8. The molecule has 4 nitrogen and oxygen atoms in total. The van der Waals surface area contributed by atoms with Crippen LogP contribution < -0.4 is 13.6 Å². The molecule has 0 saturated heterocycles. The maximum Gasteiger partial charge on any atom is 0.647 e. The molecule has 4 aromatic carbocycles. The van der Waals surface area contributed by atoms with Crippen molar-refractivity contribution in [3.8, 4) is 29.1 Å². The van der Waals surface area contributed by atoms with Gasteiger partial charge in [0.05, 0.1) is 0 Å². The Labute approximate surface area is 200 Å². The first kappa shape index (κ1) is 23.2. The van der Waals surface area contributed by atoms with Crippen LogP contribution in [-0.2, 0) is 11.0 Å². The van der Waals surface area contributed by atoms with Gasteiger partial charge in [-0.05, 0) is 72.6 Å². The van der Waals surface area contributed by atoms with E-state index in [4.69, 9.17) is 13.6 Å². The molecule has 0 spiro atoms. The number of benzene rings is 4. The molecule has 0 amide bonds. The maximum atomic E-state index is 13.5. The summed E-state index contributed by atoms with van der Waals surface area (Å²) in [5.41, 5.74) is 3.08. The maximum absolute atomic E-state index is 13.5. The van der Waals surface area contributed by atoms with Crippen LogP contribution >= 0.6 is 7.82 Å². The number of rotatable bonds is 8. The molecule has 4 aromatic rings. The summed E-state index contributed by atoms with van der Waals surface area (Å²) in [6.07, 6.45) is 2.19. The van der Waals surface area contributed by atoms with Crippen molar-refractivity contribution in [1.29, 1.82) is 0 Å². The van der Waals surface area contributed by atoms with Crippen LogP contribution in [0.5, 0.6) is 17.2 Å². The Bertz CT molecular complexity index is 1240. The first-order valence-electron chi connectivity index (χ1n) is 11.1. The predicted molar refractivity (Wildman–Crippen MR) is 135 cm³/mol. The van der Waals surface area contributed by atoms with Gasteiger partial charge in [0, 0.05) is 11.1 Å². The lowest BCUT2D eigenvalue weighted by atomic mass is 10.1. The molecule has 0 saturated carbocycles. The Morgan fingerprint density at radius 1 is 0.588 bits per heavy atom. The normalized spacial score (nSPS) is 10.6. The Kier molecular flexibility index (Phi) is 7.71. The third-order valence-corrected chi connectivity index (χ3v) is 6.14. The molecule has 0 aliphatic carbocycles. The summed E-state index contributed by atoms with van der Waals surface area (Å²) in [6.45, 7) is 2.17. The lowest BCUT2D eigenvalue weighted by Crippen LogP contribution is -2.07. The Morgan fingerprint density at radius 3 is 1.44 bits per heavy atom. The minimum absolute atomic E-state index is 0.352. The molecular formula is C29H25O4P. The van der Waals surface area contributed by atoms with Crippen LogP contribution in [0.25, 0.3) is 0 Å². The van der Waals surface area contributed by atoms with Gasteiger partial charge in [-0.3, -0.25) is 0 Å². The van der Waals surface area contributed by atoms with E-state index < -0.39 is 7.82 Å². The average Bonchev–Trinajstić information content (AvgIpc) is 2.86. The van der Waals surface area contributed by atoms with Crippen LogP contribution in [0, 0.1) is 11.8 Å². The van der Waals surface area contributed by atoms with Crippen LogP contribution in [0.4, 0.5) is 0 Å². The van der Waals surface area contributed by atoms with Gasteiger partial charge >= 0.3 is 7.82 Å². The number of phosphoric ester groups is 1. The quantitative estimate of drug-likeness (QED) is 0.196. The van der Waals surface area contributed by atoms with E-state index in [1.165, 1.54) is 5.56 Å². The fourth-order valence-electron chi connectivity index (χ4n) is 3.19. The summed E-state index contributed by atoms with van der Waals surface area (Å²) in [6, 6.07) is 32.9. The topological polar surface area (TPSA) is 44.8 Å². The average molecular weight is 468 g/mol. The van der Waals surface area contributed by atoms with Gasteiger partial charge in [0.15, 0.2) is 0 Å². The van der Waals surface area contributed by atoms with E-state index in [2.05, 4.69) is 30.9 Å². The van der Waals surface area contributed by atoms with Crippen molar-refractivity contribution in [2.45, 2.75) is 19.8 Å². The van der Waals surface area contributed by atoms with Gasteiger partial charge in [-0.2, -0.15) is 4.57 Å². The van der Waals surface area contributed by atoms with Gasteiger partial charge in [-0.25, -0.2) is 0 Å². The molecular weight excluding hydrogens is 443 g/mol. The molecule has 0 aliphatic rings. The minimum Gasteiger partial charge on any atom is -0.386 e. The highest BCUT2D eigenvalue weighted by atomic mass is 31.2. The van der Waals surface area contributed by atoms with E-state index >= 15 is 0 Å². The minimum atomic E-state index is -4.01. The SMILES string of the molecule is CCCc1ccc(C#Cc2ccc(OP(=O)(Oc3ccccc3)Oc3ccccc3)cc2)cc1. The lowest BCUT2D eigenvalue weighted by molar-refractivity contribution is 0.298. The van der Waals surface area contributed by atoms with Crippen molar-refractivity contribution < 1.29 is 18.1 Å². The molecule has 4 rings (SSSR count). The molecule has 0 aliphatic heterocycles. The van der Waals surface area contributed by atoms with Crippen LogP contribution in [0.15, 0.2) is 109 Å². The van der Waals surface area contributed by atoms with Crippen molar-refractivity contribution in [3.63, 3.8) is 0 Å². The van der Waals surface area contributed by atoms with E-state index in [1.54, 1.807) is 60.7 Å². The number of hydrogen-bond acceptors (Lipinski definition) is 4. The summed E-state index contributed by atoms with van der Waals surface area (Å²) < 4.78 is 30.5. The van der Waals surface area contributed by atoms with Gasteiger partial charge in [-0.1, -0.05) is 73.7 Å². The second-order valence-electron chi connectivity index (χ2n) is 7.57. The summed E-state index contributed by atoms with van der Waals surface area (Å²) in [5.74, 6) is 7.43. The monoisotopic (exact) mass is 468 g/mol. The smallest absolute Gasteiger partial charge is 0.386 e. The van der Waals surface area contributed by atoms with E-state index in [1.807, 2.05) is 36.4 Å². The molecule has 0 radical (unpaired) electrons. The summed E-state index contributed by atoms with van der Waals surface area (Å²) >= 11 is 0. The molecule has 34 heavy (non-hydrogen) atoms. The second kappa shape index (κ2) is 11.3. The van der Waals surface area contributed by atoms with Crippen LogP contribution in [-0.4, -0.2) is 0 Å². The molecule has 170 valence electrons. The highest BCUT2D eigenvalue weighted by Gasteiger charge is 2.33. The molecule has 0 fully saturated rings. The van der Waals surface area contributed by atoms with E-state index in [9.17, 15) is 4.57 Å². The van der Waals surface area contributed by atoms with Crippen LogP contribution in [0.3, 0.4) is 0 Å². The van der Waals surface area contributed by atoms with Crippen molar-refractivity contribution in [2.75, 3.05) is 0 Å². The predicted octanol–water partition coefficient (Wildman–Crippen LogP) is 7.68. The molecule has 0 heterocycles. The summed E-state index contributed by atoms with van der Waals surface area (Å²) in [7, 11) is -4.01. The molecule has 0 aromatic heterocycles. The van der Waals surface area contributed by atoms with E-state index in [0.29, 0.717) is 17.2 Å². The summed E-state index contributed by atoms with van der Waals surface area (Å²) in [5, 5.41) is 0. The largest absolute Gasteiger partial charge is 0.647 e. The van der Waals surface area contributed by atoms with Crippen LogP contribution in [0.2, 0.25) is 0 Å². The first-order valence-corrected chi connectivity index (χ1v) is 12.6. The zero-order chi connectivity index (χ0) is 23.6. The highest BCUT2D eigenvalue weighted by molar-refractivity contribution is 7.49. The molecule has 0 unspecified atom stereocenters. The number of phosphoric acid groups is 1. The van der Waals surface area contributed by atoms with Gasteiger partial charge < -0.3 is 13.6 Å². The van der Waals surface area contributed by atoms with Crippen molar-refractivity contribution >= 4 is 7.82 Å². The number of para-hydroxylation sites is 2. The van der Waals surface area contributed by atoms with E-state index in [0.717, 1.165) is 24.0 Å². The van der Waals surface area contributed by atoms with Gasteiger partial charge in [-0.15, -0.1) is 0 Å². The van der Waals surface area contributed by atoms with Crippen molar-refractivity contribution in [3.05, 3.63) is 126 Å². The first-order chi connectivity index (χ1) is 16.6. The summed E-state index contributed by atoms with van der Waals surface area (Å²) in [4.78, 5) is 0. The molecule has 0 bridgehead atoms. The Morgan fingerprint density at radius 2 is 1.00 bits per heavy atom. The fourth-order valence-corrected chi connectivity index (χ4v) is 4.44. The highest BCUT2D eigenvalue weighted by Crippen LogP contribution is 2.49. The van der Waals surface area contributed by atoms with Gasteiger partial charge in [0.1, 0.15) is 17.2 Å². The van der Waals surface area contributed by atoms with E-state index in [-0.39, 0.29) is 0 Å². The standard InChI is InChI=1S/C29H25O4P/c1-2-9-24-14-16-25(17-15-24)18-19-26-20-22-29(23-21-26)33-34(30,31-27-10-5-3-6-11-27)32-28-12-7-4-8-13-28/h3-8,10-17,20-23H,2,9H2,1H3. The lowest BCUT2D eigenvalue weighted by Gasteiger charge is -2.19. The Hall–Kier alpha value is -3.93. The molecule has 5 heteroatoms. The van der Waals surface area contributed by atoms with Gasteiger partial charge in [0.25, 0.3) is 0 Å². The van der Waals surface area contributed by atoms with Crippen LogP contribution in [0.1, 0.15) is 30.0 Å². The van der Waals surface area contributed by atoms with Crippen molar-refractivity contribution in [2.24, 2.45) is 0 Å². The Balaban J connectivity index is 1.49. The third-order valence-electron chi connectivity index (χ3n) is 4.84. The zero-order valence-electron chi connectivity index (χ0n) is 18.9. The molecule has 0 N–H and O–H groups in total. The van der Waals surface area contributed by atoms with Crippen molar-refractivity contribution in [1.82, 2.24) is 0 Å². The molecule has 0 atom stereocenters. The number of hydrogen-bond donors (Lipinski definition) is 0.